The van der Waals surface area contributed by atoms with Crippen molar-refractivity contribution in [2.24, 2.45) is 0 Å². The third kappa shape index (κ3) is 5.26. The van der Waals surface area contributed by atoms with Crippen LogP contribution >= 0.6 is 0 Å². The van der Waals surface area contributed by atoms with Gasteiger partial charge in [-0.2, -0.15) is 19.9 Å². The zero-order chi connectivity index (χ0) is 29.3. The molecule has 2 aromatic carbocycles. The number of fused-ring (bicyclic) bond motifs is 1. The predicted octanol–water partition coefficient (Wildman–Crippen LogP) is 3.90. The zero-order valence-corrected chi connectivity index (χ0v) is 23.5. The highest BCUT2D eigenvalue weighted by Crippen LogP contribution is 2.38. The summed E-state index contributed by atoms with van der Waals surface area (Å²) in [5.41, 5.74) is 4.25. The first-order valence-electron chi connectivity index (χ1n) is 12.6. The quantitative estimate of drug-likeness (QED) is 0.275. The van der Waals surface area contributed by atoms with Gasteiger partial charge in [-0.1, -0.05) is 6.07 Å². The van der Waals surface area contributed by atoms with Gasteiger partial charge in [0, 0.05) is 12.1 Å². The molecule has 5 rings (SSSR count). The Morgan fingerprint density at radius 2 is 1.68 bits per heavy atom. The Bertz CT molecular complexity index is 1840. The van der Waals surface area contributed by atoms with E-state index in [1.807, 2.05) is 32.0 Å². The summed E-state index contributed by atoms with van der Waals surface area (Å²) in [6.07, 6.45) is 4.45. The number of H-pyrrole nitrogens is 1. The monoisotopic (exact) mass is 555 g/mol. The van der Waals surface area contributed by atoms with Crippen LogP contribution in [0.1, 0.15) is 22.4 Å². The van der Waals surface area contributed by atoms with Gasteiger partial charge < -0.3 is 19.5 Å². The number of anilines is 1. The Balaban J connectivity index is 1.47. The normalized spacial score (nSPS) is 11.3. The topological polar surface area (TPSA) is 138 Å². The van der Waals surface area contributed by atoms with Gasteiger partial charge >= 0.3 is 0 Å². The number of aromatic amines is 1. The number of nitrogens with zero attached hydrogens (tertiary/aromatic N) is 5. The summed E-state index contributed by atoms with van der Waals surface area (Å²) in [6, 6.07) is 11.0. The van der Waals surface area contributed by atoms with Crippen LogP contribution in [0, 0.1) is 20.8 Å². The number of hydrogen-bond donors (Lipinski definition) is 2. The molecule has 0 aliphatic heterocycles. The second kappa shape index (κ2) is 11.0. The molecule has 0 aliphatic rings. The van der Waals surface area contributed by atoms with E-state index in [1.165, 1.54) is 38.3 Å². The number of aromatic nitrogens is 6. The second-order valence-electron chi connectivity index (χ2n) is 9.32. The summed E-state index contributed by atoms with van der Waals surface area (Å²) >= 11 is 0. The largest absolute Gasteiger partial charge is 0.493 e. The molecule has 0 saturated carbocycles. The Morgan fingerprint density at radius 3 is 2.34 bits per heavy atom. The van der Waals surface area contributed by atoms with Crippen LogP contribution < -0.4 is 25.1 Å². The van der Waals surface area contributed by atoms with Gasteiger partial charge in [0.25, 0.3) is 5.56 Å². The van der Waals surface area contributed by atoms with Gasteiger partial charge in [-0.25, -0.2) is 4.68 Å². The number of methoxy groups -OCH3 is 3. The minimum Gasteiger partial charge on any atom is -0.493 e. The molecular formula is C29H29N7O5. The fourth-order valence-electron chi connectivity index (χ4n) is 4.34. The summed E-state index contributed by atoms with van der Waals surface area (Å²) in [5, 5.41) is 12.0. The number of nitrogens with one attached hydrogen (secondary N) is 2. The first-order chi connectivity index (χ1) is 19.7. The lowest BCUT2D eigenvalue weighted by Gasteiger charge is -2.12. The van der Waals surface area contributed by atoms with Gasteiger partial charge in [0.05, 0.1) is 38.9 Å². The number of aryl methyl sites for hydroxylation is 3. The Labute approximate surface area is 235 Å². The molecule has 0 bridgehead atoms. The molecule has 0 atom stereocenters. The SMILES string of the molecule is COc1cc(/C=C\C(=O)Nc2cc(C)nn2-c2nc3c(cnn3-c3ccc(C)c(C)c3)c(=O)[nH]2)cc(OC)c1OC. The molecule has 12 heteroatoms. The Kier molecular flexibility index (Phi) is 7.30. The van der Waals surface area contributed by atoms with E-state index in [0.717, 1.165) is 16.8 Å². The van der Waals surface area contributed by atoms with E-state index in [9.17, 15) is 9.59 Å². The lowest BCUT2D eigenvalue weighted by molar-refractivity contribution is -0.111. The van der Waals surface area contributed by atoms with E-state index in [-0.39, 0.29) is 11.5 Å². The van der Waals surface area contributed by atoms with Crippen molar-refractivity contribution in [2.45, 2.75) is 20.8 Å². The van der Waals surface area contributed by atoms with Crippen LogP contribution in [-0.2, 0) is 4.79 Å². The van der Waals surface area contributed by atoms with Crippen molar-refractivity contribution in [2.75, 3.05) is 26.6 Å². The molecule has 1 amide bonds. The first kappa shape index (κ1) is 27.2. The summed E-state index contributed by atoms with van der Waals surface area (Å²) in [5.74, 6) is 1.40. The smallest absolute Gasteiger partial charge is 0.263 e. The molecule has 3 heterocycles. The van der Waals surface area contributed by atoms with Gasteiger partial charge in [0.2, 0.25) is 17.6 Å². The fourth-order valence-corrected chi connectivity index (χ4v) is 4.34. The van der Waals surface area contributed by atoms with Gasteiger partial charge in [-0.05, 0) is 67.8 Å². The molecule has 3 aromatic heterocycles. The summed E-state index contributed by atoms with van der Waals surface area (Å²) in [6.45, 7) is 5.80. The summed E-state index contributed by atoms with van der Waals surface area (Å²) < 4.78 is 19.1. The molecule has 5 aromatic rings. The number of carbonyl (C=O) groups excluding carboxylic acids is 1. The third-order valence-corrected chi connectivity index (χ3v) is 6.56. The molecule has 2 N–H and O–H groups in total. The van der Waals surface area contributed by atoms with Crippen molar-refractivity contribution in [3.63, 3.8) is 0 Å². The van der Waals surface area contributed by atoms with E-state index in [1.54, 1.807) is 35.9 Å². The minimum absolute atomic E-state index is 0.130. The van der Waals surface area contributed by atoms with Crippen molar-refractivity contribution in [3.8, 4) is 28.9 Å². The molecule has 210 valence electrons. The molecule has 0 aliphatic carbocycles. The first-order valence-corrected chi connectivity index (χ1v) is 12.6. The number of benzene rings is 2. The van der Waals surface area contributed by atoms with E-state index in [0.29, 0.717) is 45.4 Å². The number of carbonyl (C=O) groups is 1. The van der Waals surface area contributed by atoms with Gasteiger partial charge in [0.15, 0.2) is 17.1 Å². The van der Waals surface area contributed by atoms with Crippen LogP contribution in [0.25, 0.3) is 28.7 Å². The molecule has 0 radical (unpaired) electrons. The van der Waals surface area contributed by atoms with Crippen molar-refractivity contribution in [3.05, 3.63) is 81.4 Å². The van der Waals surface area contributed by atoms with Crippen molar-refractivity contribution >= 4 is 28.8 Å². The lowest BCUT2D eigenvalue weighted by atomic mass is 10.1. The second-order valence-corrected chi connectivity index (χ2v) is 9.32. The fraction of sp³-hybridized carbons (Fsp3) is 0.207. The standard InChI is InChI=1S/C29H29N7O5/c1-16-7-9-20(11-17(16)2)35-27-21(15-30-35)28(38)33-29(32-27)36-24(12-18(3)34-36)31-25(37)10-8-19-13-22(39-4)26(41-6)23(14-19)40-5/h7-15H,1-6H3,(H,31,37)(H,32,33,38)/b10-8-. The van der Waals surface area contributed by atoms with Crippen LogP contribution in [0.3, 0.4) is 0 Å². The Hall–Kier alpha value is -5.39. The van der Waals surface area contributed by atoms with Crippen LogP contribution in [-0.4, -0.2) is 56.8 Å². The molecule has 0 saturated heterocycles. The molecule has 0 spiro atoms. The number of ether oxygens (including phenoxy) is 3. The van der Waals surface area contributed by atoms with Crippen LogP contribution in [0.5, 0.6) is 17.2 Å². The van der Waals surface area contributed by atoms with Crippen LogP contribution in [0.4, 0.5) is 5.82 Å². The average molecular weight is 556 g/mol. The van der Waals surface area contributed by atoms with E-state index in [4.69, 9.17) is 14.2 Å². The van der Waals surface area contributed by atoms with Gasteiger partial charge in [0.1, 0.15) is 11.2 Å². The number of hydrogen-bond acceptors (Lipinski definition) is 8. The van der Waals surface area contributed by atoms with Crippen LogP contribution in [0.2, 0.25) is 0 Å². The van der Waals surface area contributed by atoms with E-state index >= 15 is 0 Å². The van der Waals surface area contributed by atoms with Crippen LogP contribution in [0.15, 0.2) is 53.5 Å². The van der Waals surface area contributed by atoms with Gasteiger partial charge in [-0.3, -0.25) is 14.6 Å². The van der Waals surface area contributed by atoms with Crippen molar-refractivity contribution < 1.29 is 19.0 Å². The van der Waals surface area contributed by atoms with Gasteiger partial charge in [-0.15, -0.1) is 0 Å². The highest BCUT2D eigenvalue weighted by Gasteiger charge is 2.17. The van der Waals surface area contributed by atoms with Crippen molar-refractivity contribution in [1.29, 1.82) is 0 Å². The summed E-state index contributed by atoms with van der Waals surface area (Å²) in [7, 11) is 4.56. The highest BCUT2D eigenvalue weighted by atomic mass is 16.5. The molecular weight excluding hydrogens is 526 g/mol. The van der Waals surface area contributed by atoms with Crippen molar-refractivity contribution in [1.82, 2.24) is 29.5 Å². The third-order valence-electron chi connectivity index (χ3n) is 6.56. The van der Waals surface area contributed by atoms with E-state index < -0.39 is 5.91 Å². The maximum Gasteiger partial charge on any atom is 0.263 e. The Morgan fingerprint density at radius 1 is 0.951 bits per heavy atom. The maximum absolute atomic E-state index is 13.0. The minimum atomic E-state index is -0.427. The molecule has 12 nitrogen and oxygen atoms in total. The highest BCUT2D eigenvalue weighted by molar-refractivity contribution is 6.01. The maximum atomic E-state index is 13.0. The zero-order valence-electron chi connectivity index (χ0n) is 23.5. The van der Waals surface area contributed by atoms with E-state index in [2.05, 4.69) is 25.5 Å². The predicted molar refractivity (Wildman–Crippen MR) is 155 cm³/mol. The molecule has 0 fully saturated rings. The number of amides is 1. The average Bonchev–Trinajstić information content (AvgIpc) is 3.56. The molecule has 41 heavy (non-hydrogen) atoms. The lowest BCUT2D eigenvalue weighted by Crippen LogP contribution is -2.18. The molecule has 0 unspecified atom stereocenters. The number of rotatable bonds is 8. The summed E-state index contributed by atoms with van der Waals surface area (Å²) in [4.78, 5) is 33.3.